The Balaban J connectivity index is 3.52. The summed E-state index contributed by atoms with van der Waals surface area (Å²) in [5, 5.41) is -0.498. The lowest BCUT2D eigenvalue weighted by molar-refractivity contribution is -0.140. The van der Waals surface area contributed by atoms with Gasteiger partial charge < -0.3 is 4.74 Å². The first-order chi connectivity index (χ1) is 5.07. The van der Waals surface area contributed by atoms with Crippen LogP contribution in [-0.4, -0.2) is 23.8 Å². The van der Waals surface area contributed by atoms with Gasteiger partial charge in [-0.15, -0.1) is 23.2 Å². The van der Waals surface area contributed by atoms with Gasteiger partial charge in [-0.05, 0) is 19.8 Å². The standard InChI is InChI=1S/C7H12Cl2O2/c1-5(8)3-4-6(9)7(10)11-2/h5-6H,3-4H2,1-2H3. The highest BCUT2D eigenvalue weighted by molar-refractivity contribution is 6.29. The molecular formula is C7H12Cl2O2. The van der Waals surface area contributed by atoms with Crippen molar-refractivity contribution in [2.24, 2.45) is 0 Å². The second-order valence-corrected chi connectivity index (χ2v) is 3.62. The zero-order valence-corrected chi connectivity index (χ0v) is 8.15. The van der Waals surface area contributed by atoms with E-state index in [-0.39, 0.29) is 11.3 Å². The molecule has 0 aliphatic heterocycles. The van der Waals surface area contributed by atoms with Crippen molar-refractivity contribution in [2.45, 2.75) is 30.5 Å². The fourth-order valence-corrected chi connectivity index (χ4v) is 0.963. The zero-order valence-electron chi connectivity index (χ0n) is 6.64. The molecule has 0 bridgehead atoms. The maximum Gasteiger partial charge on any atom is 0.323 e. The van der Waals surface area contributed by atoms with Crippen LogP contribution in [0.15, 0.2) is 0 Å². The van der Waals surface area contributed by atoms with Gasteiger partial charge in [-0.3, -0.25) is 4.79 Å². The van der Waals surface area contributed by atoms with Crippen LogP contribution >= 0.6 is 23.2 Å². The average Bonchev–Trinajstić information content (AvgIpc) is 1.98. The van der Waals surface area contributed by atoms with Gasteiger partial charge in [0.05, 0.1) is 7.11 Å². The molecular weight excluding hydrogens is 187 g/mol. The first kappa shape index (κ1) is 11.1. The van der Waals surface area contributed by atoms with Crippen molar-refractivity contribution in [3.05, 3.63) is 0 Å². The van der Waals surface area contributed by atoms with Crippen molar-refractivity contribution in [2.75, 3.05) is 7.11 Å². The Kier molecular flexibility index (Phi) is 5.69. The van der Waals surface area contributed by atoms with Gasteiger partial charge in [0.2, 0.25) is 0 Å². The number of ether oxygens (including phenoxy) is 1. The molecule has 0 spiro atoms. The summed E-state index contributed by atoms with van der Waals surface area (Å²) in [5.41, 5.74) is 0. The summed E-state index contributed by atoms with van der Waals surface area (Å²) >= 11 is 11.3. The number of rotatable bonds is 4. The molecule has 0 fully saturated rings. The van der Waals surface area contributed by atoms with Crippen molar-refractivity contribution in [1.82, 2.24) is 0 Å². The lowest BCUT2D eigenvalue weighted by atomic mass is 10.2. The van der Waals surface area contributed by atoms with Crippen molar-refractivity contribution in [3.8, 4) is 0 Å². The van der Waals surface area contributed by atoms with Crippen molar-refractivity contribution in [3.63, 3.8) is 0 Å². The fourth-order valence-electron chi connectivity index (χ4n) is 0.622. The number of hydrogen-bond acceptors (Lipinski definition) is 2. The van der Waals surface area contributed by atoms with E-state index in [1.54, 1.807) is 0 Å². The molecule has 66 valence electrons. The Hall–Kier alpha value is 0.0500. The Morgan fingerprint density at radius 3 is 2.36 bits per heavy atom. The van der Waals surface area contributed by atoms with Crippen LogP contribution in [0.4, 0.5) is 0 Å². The number of carbonyl (C=O) groups excluding carboxylic acids is 1. The first-order valence-corrected chi connectivity index (χ1v) is 4.31. The van der Waals surface area contributed by atoms with Crippen LogP contribution in [0.2, 0.25) is 0 Å². The van der Waals surface area contributed by atoms with E-state index in [0.29, 0.717) is 6.42 Å². The van der Waals surface area contributed by atoms with Crippen LogP contribution < -0.4 is 0 Å². The van der Waals surface area contributed by atoms with E-state index < -0.39 is 5.38 Å². The van der Waals surface area contributed by atoms with Gasteiger partial charge in [0.15, 0.2) is 0 Å². The molecule has 0 radical (unpaired) electrons. The van der Waals surface area contributed by atoms with Crippen LogP contribution in [0, 0.1) is 0 Å². The second kappa shape index (κ2) is 5.67. The number of carbonyl (C=O) groups is 1. The predicted molar refractivity (Wildman–Crippen MR) is 46.2 cm³/mol. The molecule has 0 N–H and O–H groups in total. The number of alkyl halides is 2. The van der Waals surface area contributed by atoms with Crippen molar-refractivity contribution in [1.29, 1.82) is 0 Å². The van der Waals surface area contributed by atoms with E-state index in [4.69, 9.17) is 23.2 Å². The Labute approximate surface area is 76.8 Å². The van der Waals surface area contributed by atoms with Crippen molar-refractivity contribution >= 4 is 29.2 Å². The average molecular weight is 199 g/mol. The van der Waals surface area contributed by atoms with E-state index in [9.17, 15) is 4.79 Å². The van der Waals surface area contributed by atoms with Crippen molar-refractivity contribution < 1.29 is 9.53 Å². The van der Waals surface area contributed by atoms with E-state index in [1.165, 1.54) is 7.11 Å². The molecule has 0 aliphatic carbocycles. The van der Waals surface area contributed by atoms with Crippen LogP contribution in [0.1, 0.15) is 19.8 Å². The zero-order chi connectivity index (χ0) is 8.85. The first-order valence-electron chi connectivity index (χ1n) is 3.44. The number of hydrogen-bond donors (Lipinski definition) is 0. The van der Waals surface area contributed by atoms with E-state index in [1.807, 2.05) is 6.92 Å². The molecule has 0 rings (SSSR count). The van der Waals surface area contributed by atoms with Crippen LogP contribution in [-0.2, 0) is 9.53 Å². The number of halogens is 2. The predicted octanol–water partition coefficient (Wildman–Crippen LogP) is 2.17. The SMILES string of the molecule is COC(=O)C(Cl)CCC(C)Cl. The van der Waals surface area contributed by atoms with E-state index >= 15 is 0 Å². The van der Waals surface area contributed by atoms with E-state index in [0.717, 1.165) is 6.42 Å². The van der Waals surface area contributed by atoms with Gasteiger partial charge in [-0.2, -0.15) is 0 Å². The third-order valence-corrected chi connectivity index (χ3v) is 1.89. The van der Waals surface area contributed by atoms with Gasteiger partial charge >= 0.3 is 5.97 Å². The molecule has 4 heteroatoms. The Morgan fingerprint density at radius 1 is 1.45 bits per heavy atom. The molecule has 0 aromatic carbocycles. The molecule has 11 heavy (non-hydrogen) atoms. The summed E-state index contributed by atoms with van der Waals surface area (Å²) in [7, 11) is 1.32. The summed E-state index contributed by atoms with van der Waals surface area (Å²) in [6.07, 6.45) is 1.30. The molecule has 0 aromatic heterocycles. The Morgan fingerprint density at radius 2 is 2.00 bits per heavy atom. The molecule has 0 aliphatic rings. The number of esters is 1. The van der Waals surface area contributed by atoms with Gasteiger partial charge in [-0.25, -0.2) is 0 Å². The lowest BCUT2D eigenvalue weighted by Gasteiger charge is -2.07. The van der Waals surface area contributed by atoms with Crippen LogP contribution in [0.25, 0.3) is 0 Å². The largest absolute Gasteiger partial charge is 0.468 e. The Bertz CT molecular complexity index is 126. The molecule has 2 nitrogen and oxygen atoms in total. The summed E-state index contributed by atoms with van der Waals surface area (Å²) in [6, 6.07) is 0. The maximum atomic E-state index is 10.7. The summed E-state index contributed by atoms with van der Waals surface area (Å²) < 4.78 is 4.43. The molecule has 2 unspecified atom stereocenters. The highest BCUT2D eigenvalue weighted by atomic mass is 35.5. The highest BCUT2D eigenvalue weighted by Gasteiger charge is 2.15. The molecule has 0 amide bonds. The second-order valence-electron chi connectivity index (χ2n) is 2.35. The van der Waals surface area contributed by atoms with E-state index in [2.05, 4.69) is 4.74 Å². The summed E-state index contributed by atoms with van der Waals surface area (Å²) in [4.78, 5) is 10.7. The quantitative estimate of drug-likeness (QED) is 0.512. The molecule has 0 aromatic rings. The molecule has 2 atom stereocenters. The van der Waals surface area contributed by atoms with Gasteiger partial charge in [0.25, 0.3) is 0 Å². The van der Waals surface area contributed by atoms with Crippen LogP contribution in [0.5, 0.6) is 0 Å². The summed E-state index contributed by atoms with van der Waals surface area (Å²) in [5.74, 6) is -0.385. The lowest BCUT2D eigenvalue weighted by Crippen LogP contribution is -2.16. The highest BCUT2D eigenvalue weighted by Crippen LogP contribution is 2.12. The minimum absolute atomic E-state index is 0.0564. The van der Waals surface area contributed by atoms with Gasteiger partial charge in [0.1, 0.15) is 5.38 Å². The molecule has 0 saturated heterocycles. The number of methoxy groups -OCH3 is 1. The third-order valence-electron chi connectivity index (χ3n) is 1.27. The minimum atomic E-state index is -0.554. The summed E-state index contributed by atoms with van der Waals surface area (Å²) in [6.45, 7) is 1.86. The topological polar surface area (TPSA) is 26.3 Å². The minimum Gasteiger partial charge on any atom is -0.468 e. The van der Waals surface area contributed by atoms with Gasteiger partial charge in [-0.1, -0.05) is 0 Å². The maximum absolute atomic E-state index is 10.7. The van der Waals surface area contributed by atoms with Gasteiger partial charge in [0, 0.05) is 5.38 Å². The molecule has 0 saturated carbocycles. The smallest absolute Gasteiger partial charge is 0.323 e. The molecule has 0 heterocycles. The fraction of sp³-hybridized carbons (Fsp3) is 0.857. The normalized spacial score (nSPS) is 15.6. The third kappa shape index (κ3) is 5.33. The van der Waals surface area contributed by atoms with Crippen LogP contribution in [0.3, 0.4) is 0 Å². The monoisotopic (exact) mass is 198 g/mol.